The van der Waals surface area contributed by atoms with Gasteiger partial charge in [-0.3, -0.25) is 4.79 Å². The molecule has 2 aliphatic rings. The number of aliphatic carboxylic acids is 1. The van der Waals surface area contributed by atoms with Crippen molar-refractivity contribution < 1.29 is 9.90 Å². The van der Waals surface area contributed by atoms with Crippen LogP contribution in [0.25, 0.3) is 0 Å². The minimum absolute atomic E-state index is 0.0524. The van der Waals surface area contributed by atoms with Crippen molar-refractivity contribution in [2.24, 2.45) is 0 Å². The summed E-state index contributed by atoms with van der Waals surface area (Å²) in [6.07, 6.45) is 7.17. The quantitative estimate of drug-likeness (QED) is 0.820. The Morgan fingerprint density at radius 2 is 2.12 bits per heavy atom. The third kappa shape index (κ3) is 1.55. The molecule has 0 amide bonds. The lowest BCUT2D eigenvalue weighted by Gasteiger charge is -2.10. The Morgan fingerprint density at radius 1 is 1.38 bits per heavy atom. The summed E-state index contributed by atoms with van der Waals surface area (Å²) in [6.45, 7) is 0. The van der Waals surface area contributed by atoms with E-state index in [1.165, 1.54) is 29.8 Å². The summed E-state index contributed by atoms with van der Waals surface area (Å²) >= 11 is 0. The molecule has 1 fully saturated rings. The molecule has 1 aromatic rings. The van der Waals surface area contributed by atoms with Gasteiger partial charge in [-0.1, -0.05) is 0 Å². The highest BCUT2D eigenvalue weighted by atomic mass is 16.4. The van der Waals surface area contributed by atoms with Crippen molar-refractivity contribution in [1.82, 2.24) is 4.98 Å². The number of carboxylic acids is 1. The molecule has 1 saturated carbocycles. The van der Waals surface area contributed by atoms with Gasteiger partial charge in [-0.05, 0) is 50.2 Å². The highest BCUT2D eigenvalue weighted by molar-refractivity contribution is 5.70. The molecule has 2 N–H and O–H groups in total. The van der Waals surface area contributed by atoms with E-state index in [1.54, 1.807) is 0 Å². The molecular formula is C13H17NO2. The Kier molecular flexibility index (Phi) is 2.09. The fourth-order valence-corrected chi connectivity index (χ4v) is 2.87. The lowest BCUT2D eigenvalue weighted by molar-refractivity contribution is -0.137. The van der Waals surface area contributed by atoms with Crippen molar-refractivity contribution in [3.8, 4) is 0 Å². The summed E-state index contributed by atoms with van der Waals surface area (Å²) in [5.41, 5.74) is 3.92. The number of aryl methyl sites for hydroxylation is 2. The minimum atomic E-state index is -0.676. The smallest absolute Gasteiger partial charge is 0.304 e. The molecule has 0 bridgehead atoms. The van der Waals surface area contributed by atoms with Crippen LogP contribution in [-0.4, -0.2) is 16.1 Å². The predicted molar refractivity (Wildman–Crippen MR) is 60.6 cm³/mol. The standard InChI is InChI=1S/C13H17NO2/c15-12(16)8-13(5-6-13)11-7-9-3-1-2-4-10(9)14-11/h7,14H,1-6,8H2,(H,15,16). The van der Waals surface area contributed by atoms with E-state index in [4.69, 9.17) is 5.11 Å². The van der Waals surface area contributed by atoms with Gasteiger partial charge in [-0.25, -0.2) is 0 Å². The minimum Gasteiger partial charge on any atom is -0.481 e. The normalized spacial score (nSPS) is 21.5. The van der Waals surface area contributed by atoms with Gasteiger partial charge >= 0.3 is 5.97 Å². The average molecular weight is 219 g/mol. The third-order valence-electron chi connectivity index (χ3n) is 4.03. The number of carboxylic acid groups (broad SMARTS) is 1. The number of nitrogens with one attached hydrogen (secondary N) is 1. The van der Waals surface area contributed by atoms with Gasteiger partial charge in [0, 0.05) is 16.8 Å². The van der Waals surface area contributed by atoms with E-state index in [0.717, 1.165) is 25.7 Å². The van der Waals surface area contributed by atoms with Crippen LogP contribution in [0.5, 0.6) is 0 Å². The van der Waals surface area contributed by atoms with E-state index in [1.807, 2.05) is 0 Å². The average Bonchev–Trinajstić information content (AvgIpc) is 2.89. The van der Waals surface area contributed by atoms with Crippen molar-refractivity contribution in [3.63, 3.8) is 0 Å². The summed E-state index contributed by atoms with van der Waals surface area (Å²) in [4.78, 5) is 14.3. The second-order valence-electron chi connectivity index (χ2n) is 5.24. The summed E-state index contributed by atoms with van der Waals surface area (Å²) in [5.74, 6) is -0.676. The maximum Gasteiger partial charge on any atom is 0.304 e. The summed E-state index contributed by atoms with van der Waals surface area (Å²) in [5, 5.41) is 8.94. The van der Waals surface area contributed by atoms with Gasteiger partial charge in [0.05, 0.1) is 6.42 Å². The van der Waals surface area contributed by atoms with Gasteiger partial charge in [-0.15, -0.1) is 0 Å². The van der Waals surface area contributed by atoms with Crippen molar-refractivity contribution in [2.45, 2.75) is 50.4 Å². The van der Waals surface area contributed by atoms with Crippen LogP contribution in [0, 0.1) is 0 Å². The molecule has 3 nitrogen and oxygen atoms in total. The van der Waals surface area contributed by atoms with Crippen LogP contribution in [0.15, 0.2) is 6.07 Å². The van der Waals surface area contributed by atoms with Crippen LogP contribution in [0.4, 0.5) is 0 Å². The number of rotatable bonds is 3. The first-order valence-electron chi connectivity index (χ1n) is 6.13. The van der Waals surface area contributed by atoms with Crippen LogP contribution >= 0.6 is 0 Å². The van der Waals surface area contributed by atoms with Gasteiger partial charge < -0.3 is 10.1 Å². The first kappa shape index (κ1) is 9.94. The summed E-state index contributed by atoms with van der Waals surface area (Å²) in [6, 6.07) is 2.23. The second-order valence-corrected chi connectivity index (χ2v) is 5.24. The number of carbonyl (C=O) groups is 1. The highest BCUT2D eigenvalue weighted by Gasteiger charge is 2.47. The molecule has 3 rings (SSSR count). The van der Waals surface area contributed by atoms with Gasteiger partial charge in [-0.2, -0.15) is 0 Å². The Balaban J connectivity index is 1.89. The zero-order chi connectivity index (χ0) is 11.2. The Morgan fingerprint density at radius 3 is 2.75 bits per heavy atom. The first-order valence-corrected chi connectivity index (χ1v) is 6.13. The Labute approximate surface area is 94.9 Å². The van der Waals surface area contributed by atoms with Crippen molar-refractivity contribution in [2.75, 3.05) is 0 Å². The third-order valence-corrected chi connectivity index (χ3v) is 4.03. The zero-order valence-electron chi connectivity index (χ0n) is 9.38. The van der Waals surface area contributed by atoms with E-state index in [9.17, 15) is 4.79 Å². The molecule has 1 heterocycles. The monoisotopic (exact) mass is 219 g/mol. The Bertz CT molecular complexity index is 406. The molecule has 0 unspecified atom stereocenters. The first-order chi connectivity index (χ1) is 7.70. The number of hydrogen-bond acceptors (Lipinski definition) is 1. The lowest BCUT2D eigenvalue weighted by Crippen LogP contribution is -2.13. The number of hydrogen-bond donors (Lipinski definition) is 2. The second kappa shape index (κ2) is 3.37. The maximum atomic E-state index is 10.9. The van der Waals surface area contributed by atoms with Gasteiger partial charge in [0.1, 0.15) is 0 Å². The molecule has 0 aliphatic heterocycles. The zero-order valence-corrected chi connectivity index (χ0v) is 9.38. The molecule has 2 aliphatic carbocycles. The molecule has 0 atom stereocenters. The maximum absolute atomic E-state index is 10.9. The molecule has 86 valence electrons. The van der Waals surface area contributed by atoms with E-state index in [-0.39, 0.29) is 11.8 Å². The van der Waals surface area contributed by atoms with Crippen LogP contribution in [0.3, 0.4) is 0 Å². The van der Waals surface area contributed by atoms with Crippen molar-refractivity contribution in [1.29, 1.82) is 0 Å². The molecule has 3 heteroatoms. The van der Waals surface area contributed by atoms with E-state index in [0.29, 0.717) is 0 Å². The number of fused-ring (bicyclic) bond motifs is 1. The molecular weight excluding hydrogens is 202 g/mol. The SMILES string of the molecule is O=C(O)CC1(c2cc3c([nH]2)CCCC3)CC1. The summed E-state index contributed by atoms with van der Waals surface area (Å²) in [7, 11) is 0. The number of H-pyrrole nitrogens is 1. The molecule has 0 spiro atoms. The van der Waals surface area contributed by atoms with E-state index in [2.05, 4.69) is 11.1 Å². The predicted octanol–water partition coefficient (Wildman–Crippen LogP) is 2.40. The van der Waals surface area contributed by atoms with E-state index < -0.39 is 5.97 Å². The van der Waals surface area contributed by atoms with Crippen LogP contribution < -0.4 is 0 Å². The van der Waals surface area contributed by atoms with E-state index >= 15 is 0 Å². The topological polar surface area (TPSA) is 53.1 Å². The van der Waals surface area contributed by atoms with Crippen LogP contribution in [0.1, 0.15) is 49.1 Å². The molecule has 16 heavy (non-hydrogen) atoms. The van der Waals surface area contributed by atoms with Gasteiger partial charge in [0.2, 0.25) is 0 Å². The van der Waals surface area contributed by atoms with Crippen molar-refractivity contribution >= 4 is 5.97 Å². The fourth-order valence-electron chi connectivity index (χ4n) is 2.87. The Hall–Kier alpha value is -1.25. The molecule has 0 saturated heterocycles. The molecule has 1 aromatic heterocycles. The van der Waals surface area contributed by atoms with Gasteiger partial charge in [0.15, 0.2) is 0 Å². The summed E-state index contributed by atoms with van der Waals surface area (Å²) < 4.78 is 0. The lowest BCUT2D eigenvalue weighted by atomic mass is 9.95. The number of aromatic nitrogens is 1. The number of aromatic amines is 1. The molecule has 0 aromatic carbocycles. The van der Waals surface area contributed by atoms with Gasteiger partial charge in [0.25, 0.3) is 0 Å². The largest absolute Gasteiger partial charge is 0.481 e. The highest BCUT2D eigenvalue weighted by Crippen LogP contribution is 2.51. The van der Waals surface area contributed by atoms with Crippen molar-refractivity contribution in [3.05, 3.63) is 23.0 Å². The van der Waals surface area contributed by atoms with Crippen LogP contribution in [-0.2, 0) is 23.1 Å². The van der Waals surface area contributed by atoms with Crippen LogP contribution in [0.2, 0.25) is 0 Å². The fraction of sp³-hybridized carbons (Fsp3) is 0.615. The molecule has 0 radical (unpaired) electrons.